The van der Waals surface area contributed by atoms with Gasteiger partial charge in [0.05, 0.1) is 43.6 Å². The van der Waals surface area contributed by atoms with Gasteiger partial charge in [-0.25, -0.2) is 15.0 Å². The minimum absolute atomic E-state index is 0.0826. The lowest BCUT2D eigenvalue weighted by Gasteiger charge is -2.42. The van der Waals surface area contributed by atoms with Crippen molar-refractivity contribution in [3.63, 3.8) is 0 Å². The van der Waals surface area contributed by atoms with Crippen molar-refractivity contribution in [3.8, 4) is 5.75 Å². The van der Waals surface area contributed by atoms with E-state index in [9.17, 15) is 9.59 Å². The molecule has 11 nitrogen and oxygen atoms in total. The Bertz CT molecular complexity index is 1300. The Labute approximate surface area is 238 Å². The standard InChI is InChI=1S/C28H34ClN7O4/c1-39-24-3-2-20(14-23(24)29)4-7-32-27(37)15-22-16-35(28(38)21-6-13-40-18-21)11-12-36(22)26-5-8-31-25(33-26)17-34-10-9-30-19-34/h2-3,5,8-10,14,19,21-22H,4,6-7,11-13,15-18H2,1H3,(H,32,37). The number of nitrogens with one attached hydrogen (secondary N) is 1. The van der Waals surface area contributed by atoms with E-state index < -0.39 is 0 Å². The molecule has 2 aromatic heterocycles. The number of ether oxygens (including phenoxy) is 2. The summed E-state index contributed by atoms with van der Waals surface area (Å²) < 4.78 is 12.6. The predicted octanol–water partition coefficient (Wildman–Crippen LogP) is 2.19. The van der Waals surface area contributed by atoms with E-state index in [0.29, 0.717) is 69.0 Å². The molecule has 0 aliphatic carbocycles. The van der Waals surface area contributed by atoms with Gasteiger partial charge in [-0.1, -0.05) is 17.7 Å². The van der Waals surface area contributed by atoms with E-state index in [0.717, 1.165) is 17.8 Å². The average molecular weight is 568 g/mol. The topological polar surface area (TPSA) is 115 Å². The third kappa shape index (κ3) is 6.89. The number of hydrogen-bond donors (Lipinski definition) is 1. The Morgan fingerprint density at radius 3 is 2.88 bits per heavy atom. The van der Waals surface area contributed by atoms with Crippen molar-refractivity contribution < 1.29 is 19.1 Å². The van der Waals surface area contributed by atoms with E-state index in [1.165, 1.54) is 0 Å². The number of aromatic nitrogens is 4. The van der Waals surface area contributed by atoms with Gasteiger partial charge in [-0.15, -0.1) is 0 Å². The molecule has 40 heavy (non-hydrogen) atoms. The first kappa shape index (κ1) is 27.9. The molecule has 2 aliphatic heterocycles. The molecule has 2 fully saturated rings. The fourth-order valence-electron chi connectivity index (χ4n) is 5.19. The molecule has 12 heteroatoms. The van der Waals surface area contributed by atoms with Gasteiger partial charge in [-0.3, -0.25) is 9.59 Å². The fourth-order valence-corrected chi connectivity index (χ4v) is 5.47. The average Bonchev–Trinajstić information content (AvgIpc) is 3.68. The second-order valence-corrected chi connectivity index (χ2v) is 10.4. The Morgan fingerprint density at radius 2 is 2.12 bits per heavy atom. The number of methoxy groups -OCH3 is 1. The van der Waals surface area contributed by atoms with Crippen molar-refractivity contribution in [1.29, 1.82) is 0 Å². The van der Waals surface area contributed by atoms with Crippen LogP contribution in [-0.2, 0) is 27.3 Å². The monoisotopic (exact) mass is 567 g/mol. The summed E-state index contributed by atoms with van der Waals surface area (Å²) in [5, 5.41) is 3.57. The molecule has 3 aromatic rings. The number of piperazine rings is 1. The quantitative estimate of drug-likeness (QED) is 0.396. The Hall–Kier alpha value is -3.70. The van der Waals surface area contributed by atoms with Crippen LogP contribution in [0, 0.1) is 5.92 Å². The molecule has 2 saturated heterocycles. The summed E-state index contributed by atoms with van der Waals surface area (Å²) in [6.07, 6.45) is 8.64. The zero-order valence-electron chi connectivity index (χ0n) is 22.5. The highest BCUT2D eigenvalue weighted by Crippen LogP contribution is 2.26. The maximum atomic E-state index is 13.2. The molecule has 2 atom stereocenters. The van der Waals surface area contributed by atoms with Gasteiger partial charge in [0.2, 0.25) is 11.8 Å². The van der Waals surface area contributed by atoms with E-state index in [1.807, 2.05) is 39.9 Å². The fraction of sp³-hybridized carbons (Fsp3) is 0.464. The van der Waals surface area contributed by atoms with Crippen LogP contribution in [-0.4, -0.2) is 88.8 Å². The zero-order chi connectivity index (χ0) is 27.9. The maximum Gasteiger partial charge on any atom is 0.228 e. The zero-order valence-corrected chi connectivity index (χ0v) is 23.3. The summed E-state index contributed by atoms with van der Waals surface area (Å²) in [5.74, 6) is 1.92. The van der Waals surface area contributed by atoms with Crippen LogP contribution in [0.3, 0.4) is 0 Å². The number of benzene rings is 1. The number of hydrogen-bond acceptors (Lipinski definition) is 8. The van der Waals surface area contributed by atoms with Crippen molar-refractivity contribution in [3.05, 3.63) is 65.6 Å². The van der Waals surface area contributed by atoms with Crippen molar-refractivity contribution in [2.75, 3.05) is 51.4 Å². The van der Waals surface area contributed by atoms with Gasteiger partial charge >= 0.3 is 0 Å². The summed E-state index contributed by atoms with van der Waals surface area (Å²) >= 11 is 6.24. The van der Waals surface area contributed by atoms with Crippen LogP contribution in [0.5, 0.6) is 5.75 Å². The molecule has 0 spiro atoms. The molecule has 212 valence electrons. The predicted molar refractivity (Wildman–Crippen MR) is 149 cm³/mol. The van der Waals surface area contributed by atoms with Crippen LogP contribution in [0.15, 0.2) is 49.2 Å². The lowest BCUT2D eigenvalue weighted by molar-refractivity contribution is -0.137. The number of halogens is 1. The molecule has 0 radical (unpaired) electrons. The minimum atomic E-state index is -0.230. The van der Waals surface area contributed by atoms with E-state index >= 15 is 0 Å². The molecule has 1 aromatic carbocycles. The second kappa shape index (κ2) is 13.1. The summed E-state index contributed by atoms with van der Waals surface area (Å²) in [4.78, 5) is 43.6. The first-order chi connectivity index (χ1) is 19.5. The molecule has 2 aliphatic rings. The third-order valence-corrected chi connectivity index (χ3v) is 7.61. The highest BCUT2D eigenvalue weighted by Gasteiger charge is 2.35. The summed E-state index contributed by atoms with van der Waals surface area (Å²) in [6, 6.07) is 7.24. The van der Waals surface area contributed by atoms with Gasteiger partial charge in [0, 0.05) is 57.8 Å². The lowest BCUT2D eigenvalue weighted by atomic mass is 10.0. The van der Waals surface area contributed by atoms with Crippen molar-refractivity contribution >= 4 is 29.2 Å². The van der Waals surface area contributed by atoms with E-state index in [4.69, 9.17) is 26.1 Å². The van der Waals surface area contributed by atoms with Gasteiger partial charge in [0.1, 0.15) is 17.4 Å². The van der Waals surface area contributed by atoms with Gasteiger partial charge < -0.3 is 29.2 Å². The Kier molecular flexibility index (Phi) is 9.12. The molecule has 5 rings (SSSR count). The SMILES string of the molecule is COc1ccc(CCNC(=O)CC2CN(C(=O)C3CCOC3)CCN2c2ccnc(Cn3ccnc3)n2)cc1Cl. The Balaban J connectivity index is 1.25. The van der Waals surface area contributed by atoms with Crippen LogP contribution in [0.25, 0.3) is 0 Å². The molecule has 2 unspecified atom stereocenters. The van der Waals surface area contributed by atoms with Crippen LogP contribution in [0.2, 0.25) is 5.02 Å². The number of nitrogens with zero attached hydrogens (tertiary/aromatic N) is 6. The molecular formula is C28H34ClN7O4. The third-order valence-electron chi connectivity index (χ3n) is 7.31. The second-order valence-electron chi connectivity index (χ2n) is 10.0. The summed E-state index contributed by atoms with van der Waals surface area (Å²) in [7, 11) is 1.58. The molecule has 4 heterocycles. The summed E-state index contributed by atoms with van der Waals surface area (Å²) in [5.41, 5.74) is 1.01. The van der Waals surface area contributed by atoms with E-state index in [1.54, 1.807) is 25.8 Å². The van der Waals surface area contributed by atoms with Gasteiger partial charge in [0.25, 0.3) is 0 Å². The van der Waals surface area contributed by atoms with Crippen molar-refractivity contribution in [1.82, 2.24) is 29.7 Å². The van der Waals surface area contributed by atoms with Gasteiger partial charge in [-0.2, -0.15) is 0 Å². The smallest absolute Gasteiger partial charge is 0.228 e. The highest BCUT2D eigenvalue weighted by molar-refractivity contribution is 6.32. The van der Waals surface area contributed by atoms with Crippen molar-refractivity contribution in [2.24, 2.45) is 5.92 Å². The molecule has 2 amide bonds. The maximum absolute atomic E-state index is 13.2. The molecular weight excluding hydrogens is 534 g/mol. The van der Waals surface area contributed by atoms with E-state index in [2.05, 4.69) is 20.2 Å². The van der Waals surface area contributed by atoms with Crippen LogP contribution in [0.4, 0.5) is 5.82 Å². The lowest BCUT2D eigenvalue weighted by Crippen LogP contribution is -2.57. The largest absolute Gasteiger partial charge is 0.495 e. The van der Waals surface area contributed by atoms with Gasteiger partial charge in [0.15, 0.2) is 0 Å². The van der Waals surface area contributed by atoms with Crippen LogP contribution in [0.1, 0.15) is 24.2 Å². The normalized spacial score (nSPS) is 19.1. The first-order valence-corrected chi connectivity index (χ1v) is 13.9. The molecule has 0 saturated carbocycles. The van der Waals surface area contributed by atoms with Gasteiger partial charge in [-0.05, 0) is 36.6 Å². The van der Waals surface area contributed by atoms with Crippen molar-refractivity contribution in [2.45, 2.75) is 31.8 Å². The molecule has 0 bridgehead atoms. The number of anilines is 1. The molecule has 1 N–H and O–H groups in total. The minimum Gasteiger partial charge on any atom is -0.495 e. The number of rotatable bonds is 10. The number of amides is 2. The van der Waals surface area contributed by atoms with Crippen LogP contribution < -0.4 is 15.0 Å². The van der Waals surface area contributed by atoms with Crippen LogP contribution >= 0.6 is 11.6 Å². The first-order valence-electron chi connectivity index (χ1n) is 13.5. The number of carbonyl (C=O) groups excluding carboxylic acids is 2. The number of imidazole rings is 1. The van der Waals surface area contributed by atoms with E-state index in [-0.39, 0.29) is 30.2 Å². The Morgan fingerprint density at radius 1 is 1.23 bits per heavy atom. The highest BCUT2D eigenvalue weighted by atomic mass is 35.5. The summed E-state index contributed by atoms with van der Waals surface area (Å²) in [6.45, 7) is 3.62. The number of carbonyl (C=O) groups is 2.